The number of aromatic nitrogens is 2. The number of benzene rings is 2. The molecule has 0 spiro atoms. The zero-order chi connectivity index (χ0) is 20.1. The molecular weight excluding hydrogens is 364 g/mol. The van der Waals surface area contributed by atoms with Gasteiger partial charge in [-0.2, -0.15) is 0 Å². The number of nitrogens with one attached hydrogen (secondary N) is 2. The summed E-state index contributed by atoms with van der Waals surface area (Å²) in [5.74, 6) is 0.570. The molecule has 148 valence electrons. The van der Waals surface area contributed by atoms with E-state index in [9.17, 15) is 4.79 Å². The molecule has 29 heavy (non-hydrogen) atoms. The van der Waals surface area contributed by atoms with E-state index >= 15 is 0 Å². The molecular formula is C23H24N4O2. The Morgan fingerprint density at radius 2 is 2.03 bits per heavy atom. The fourth-order valence-electron chi connectivity index (χ4n) is 3.39. The van der Waals surface area contributed by atoms with Crippen molar-refractivity contribution in [2.24, 2.45) is 0 Å². The average molecular weight is 388 g/mol. The highest BCUT2D eigenvalue weighted by atomic mass is 16.5. The van der Waals surface area contributed by atoms with Crippen LogP contribution in [-0.4, -0.2) is 35.1 Å². The summed E-state index contributed by atoms with van der Waals surface area (Å²) in [6, 6.07) is 17.5. The van der Waals surface area contributed by atoms with Gasteiger partial charge in [-0.3, -0.25) is 4.79 Å². The number of anilines is 2. The van der Waals surface area contributed by atoms with E-state index in [1.807, 2.05) is 36.4 Å². The van der Waals surface area contributed by atoms with Crippen LogP contribution in [0.5, 0.6) is 0 Å². The molecule has 1 saturated heterocycles. The van der Waals surface area contributed by atoms with Crippen LogP contribution in [-0.2, 0) is 4.74 Å². The Hall–Kier alpha value is -3.25. The third-order valence-corrected chi connectivity index (χ3v) is 4.89. The Balaban J connectivity index is 1.45. The van der Waals surface area contributed by atoms with Crippen LogP contribution in [0.15, 0.2) is 60.9 Å². The van der Waals surface area contributed by atoms with Crippen molar-refractivity contribution in [3.8, 4) is 11.3 Å². The first-order chi connectivity index (χ1) is 14.2. The Morgan fingerprint density at radius 1 is 1.14 bits per heavy atom. The molecule has 0 unspecified atom stereocenters. The second-order valence-electron chi connectivity index (χ2n) is 7.21. The largest absolute Gasteiger partial charge is 0.376 e. The monoisotopic (exact) mass is 388 g/mol. The minimum Gasteiger partial charge on any atom is -0.376 e. The van der Waals surface area contributed by atoms with Crippen LogP contribution in [0.25, 0.3) is 11.3 Å². The quantitative estimate of drug-likeness (QED) is 0.665. The molecule has 2 aromatic carbocycles. The lowest BCUT2D eigenvalue weighted by Gasteiger charge is -2.12. The molecule has 1 aliphatic rings. The van der Waals surface area contributed by atoms with Crippen LogP contribution in [0.4, 0.5) is 11.5 Å². The highest BCUT2D eigenvalue weighted by molar-refractivity contribution is 5.95. The van der Waals surface area contributed by atoms with Gasteiger partial charge in [0.1, 0.15) is 12.1 Å². The first-order valence-corrected chi connectivity index (χ1v) is 9.83. The van der Waals surface area contributed by atoms with Crippen molar-refractivity contribution in [1.29, 1.82) is 0 Å². The zero-order valence-corrected chi connectivity index (χ0v) is 16.4. The smallest absolute Gasteiger partial charge is 0.251 e. The number of nitrogens with zero attached hydrogens (tertiary/aromatic N) is 2. The predicted octanol–water partition coefficient (Wildman–Crippen LogP) is 4.10. The van der Waals surface area contributed by atoms with Crippen LogP contribution in [0.1, 0.15) is 28.8 Å². The van der Waals surface area contributed by atoms with E-state index in [4.69, 9.17) is 4.74 Å². The number of aryl methyl sites for hydroxylation is 1. The molecule has 1 fully saturated rings. The Labute approximate surface area is 170 Å². The first kappa shape index (κ1) is 19.1. The number of rotatable bonds is 6. The summed E-state index contributed by atoms with van der Waals surface area (Å²) >= 11 is 0. The van der Waals surface area contributed by atoms with Gasteiger partial charge in [0.2, 0.25) is 0 Å². The van der Waals surface area contributed by atoms with Gasteiger partial charge in [0, 0.05) is 36.0 Å². The van der Waals surface area contributed by atoms with E-state index < -0.39 is 0 Å². The van der Waals surface area contributed by atoms with Crippen molar-refractivity contribution in [1.82, 2.24) is 15.3 Å². The molecule has 2 heterocycles. The molecule has 1 atom stereocenters. The maximum Gasteiger partial charge on any atom is 0.251 e. The van der Waals surface area contributed by atoms with E-state index in [1.165, 1.54) is 11.9 Å². The maximum absolute atomic E-state index is 12.5. The third kappa shape index (κ3) is 4.97. The van der Waals surface area contributed by atoms with Crippen molar-refractivity contribution < 1.29 is 9.53 Å². The summed E-state index contributed by atoms with van der Waals surface area (Å²) in [4.78, 5) is 21.1. The number of hydrogen-bond donors (Lipinski definition) is 2. The predicted molar refractivity (Wildman–Crippen MR) is 113 cm³/mol. The van der Waals surface area contributed by atoms with Gasteiger partial charge < -0.3 is 15.4 Å². The molecule has 4 rings (SSSR count). The summed E-state index contributed by atoms with van der Waals surface area (Å²) < 4.78 is 5.56. The normalized spacial score (nSPS) is 15.8. The lowest BCUT2D eigenvalue weighted by Crippen LogP contribution is -2.31. The van der Waals surface area contributed by atoms with Gasteiger partial charge in [-0.05, 0) is 44.0 Å². The van der Waals surface area contributed by atoms with Crippen molar-refractivity contribution in [2.45, 2.75) is 25.9 Å². The van der Waals surface area contributed by atoms with Gasteiger partial charge >= 0.3 is 0 Å². The standard InChI is InChI=1S/C23H24N4O2/c1-16-5-2-6-17(11-16)21-13-22(26-15-25-21)27-19-8-3-7-18(12-19)23(28)24-14-20-9-4-10-29-20/h2-3,5-8,11-13,15,20H,4,9-10,14H2,1H3,(H,24,28)(H,25,26,27)/t20-/m1/s1. The average Bonchev–Trinajstić information content (AvgIpc) is 3.26. The van der Waals surface area contributed by atoms with E-state index in [1.54, 1.807) is 6.07 Å². The van der Waals surface area contributed by atoms with E-state index in [2.05, 4.69) is 39.7 Å². The Morgan fingerprint density at radius 3 is 2.86 bits per heavy atom. The zero-order valence-electron chi connectivity index (χ0n) is 16.4. The van der Waals surface area contributed by atoms with Gasteiger partial charge in [-0.15, -0.1) is 0 Å². The number of hydrogen-bond acceptors (Lipinski definition) is 5. The molecule has 0 radical (unpaired) electrons. The topological polar surface area (TPSA) is 76.1 Å². The number of ether oxygens (including phenoxy) is 1. The summed E-state index contributed by atoms with van der Waals surface area (Å²) in [5, 5.41) is 6.22. The van der Waals surface area contributed by atoms with E-state index in [0.29, 0.717) is 17.9 Å². The van der Waals surface area contributed by atoms with E-state index in [-0.39, 0.29) is 12.0 Å². The second-order valence-corrected chi connectivity index (χ2v) is 7.21. The SMILES string of the molecule is Cc1cccc(-c2cc(Nc3cccc(C(=O)NC[C@H]4CCCO4)c3)ncn2)c1. The summed E-state index contributed by atoms with van der Waals surface area (Å²) in [7, 11) is 0. The molecule has 1 aromatic heterocycles. The van der Waals surface area contributed by atoms with Gasteiger partial charge in [-0.1, -0.05) is 29.8 Å². The Bertz CT molecular complexity index is 999. The molecule has 6 heteroatoms. The maximum atomic E-state index is 12.5. The number of carbonyl (C=O) groups excluding carboxylic acids is 1. The van der Waals surface area contributed by atoms with Crippen molar-refractivity contribution in [3.63, 3.8) is 0 Å². The minimum absolute atomic E-state index is 0.104. The molecule has 0 saturated carbocycles. The second kappa shape index (κ2) is 8.84. The third-order valence-electron chi connectivity index (χ3n) is 4.89. The summed E-state index contributed by atoms with van der Waals surface area (Å²) in [6.45, 7) is 3.38. The first-order valence-electron chi connectivity index (χ1n) is 9.83. The van der Waals surface area contributed by atoms with Crippen LogP contribution in [0.3, 0.4) is 0 Å². The molecule has 0 bridgehead atoms. The molecule has 2 N–H and O–H groups in total. The van der Waals surface area contributed by atoms with Crippen molar-refractivity contribution in [2.75, 3.05) is 18.5 Å². The van der Waals surface area contributed by atoms with Crippen LogP contribution < -0.4 is 10.6 Å². The van der Waals surface area contributed by atoms with Gasteiger partial charge in [0.25, 0.3) is 5.91 Å². The summed E-state index contributed by atoms with van der Waals surface area (Å²) in [5.41, 5.74) is 4.45. The fourth-order valence-corrected chi connectivity index (χ4v) is 3.39. The van der Waals surface area contributed by atoms with Crippen LogP contribution >= 0.6 is 0 Å². The molecule has 3 aromatic rings. The van der Waals surface area contributed by atoms with E-state index in [0.717, 1.165) is 36.4 Å². The minimum atomic E-state index is -0.104. The van der Waals surface area contributed by atoms with Crippen LogP contribution in [0, 0.1) is 6.92 Å². The molecule has 1 aliphatic heterocycles. The van der Waals surface area contributed by atoms with Crippen molar-refractivity contribution in [3.05, 3.63) is 72.1 Å². The van der Waals surface area contributed by atoms with Gasteiger partial charge in [-0.25, -0.2) is 9.97 Å². The number of amides is 1. The lowest BCUT2D eigenvalue weighted by atomic mass is 10.1. The van der Waals surface area contributed by atoms with Crippen LogP contribution in [0.2, 0.25) is 0 Å². The van der Waals surface area contributed by atoms with Gasteiger partial charge in [0.15, 0.2) is 0 Å². The summed E-state index contributed by atoms with van der Waals surface area (Å²) in [6.07, 6.45) is 3.72. The van der Waals surface area contributed by atoms with Crippen molar-refractivity contribution >= 4 is 17.4 Å². The van der Waals surface area contributed by atoms with Gasteiger partial charge in [0.05, 0.1) is 11.8 Å². The molecule has 1 amide bonds. The molecule has 6 nitrogen and oxygen atoms in total. The highest BCUT2D eigenvalue weighted by Gasteiger charge is 2.16. The fraction of sp³-hybridized carbons (Fsp3) is 0.261. The number of carbonyl (C=O) groups is 1. The highest BCUT2D eigenvalue weighted by Crippen LogP contribution is 2.22. The Kier molecular flexibility index (Phi) is 5.81. The lowest BCUT2D eigenvalue weighted by molar-refractivity contribution is 0.0858. The molecule has 0 aliphatic carbocycles.